The van der Waals surface area contributed by atoms with Crippen LogP contribution in [0.3, 0.4) is 0 Å². The monoisotopic (exact) mass is 293 g/mol. The van der Waals surface area contributed by atoms with Crippen molar-refractivity contribution in [3.05, 3.63) is 0 Å². The van der Waals surface area contributed by atoms with Crippen molar-refractivity contribution in [1.82, 2.24) is 15.5 Å². The fraction of sp³-hybridized carbons (Fsp3) is 0.941. The second kappa shape index (κ2) is 6.25. The first kappa shape index (κ1) is 15.3. The number of carbonyl (C=O) groups is 1. The molecule has 2 saturated heterocycles. The minimum absolute atomic E-state index is 0.135. The van der Waals surface area contributed by atoms with E-state index in [1.807, 2.05) is 0 Å². The molecule has 0 aromatic carbocycles. The Hall–Kier alpha value is -0.610. The third-order valence-electron chi connectivity index (χ3n) is 6.11. The molecule has 1 unspecified atom stereocenters. The second-order valence-electron chi connectivity index (χ2n) is 7.61. The van der Waals surface area contributed by atoms with Crippen LogP contribution in [0.2, 0.25) is 0 Å². The molecule has 1 saturated carbocycles. The number of hydrogen-bond donors (Lipinski definition) is 2. The number of nitrogens with one attached hydrogen (secondary N) is 2. The molecule has 2 N–H and O–H groups in total. The van der Waals surface area contributed by atoms with Gasteiger partial charge in [0.1, 0.15) is 0 Å². The van der Waals surface area contributed by atoms with Crippen molar-refractivity contribution in [2.24, 2.45) is 11.3 Å². The van der Waals surface area contributed by atoms with Gasteiger partial charge in [0.2, 0.25) is 5.91 Å². The number of piperidine rings is 1. The molecule has 3 rings (SSSR count). The summed E-state index contributed by atoms with van der Waals surface area (Å²) in [5, 5.41) is 6.70. The first-order chi connectivity index (χ1) is 10.1. The highest BCUT2D eigenvalue weighted by atomic mass is 16.2. The van der Waals surface area contributed by atoms with Crippen LogP contribution >= 0.6 is 0 Å². The van der Waals surface area contributed by atoms with Crippen molar-refractivity contribution in [1.29, 1.82) is 0 Å². The molecular formula is C17H31N3O. The van der Waals surface area contributed by atoms with Crippen LogP contribution in [0.5, 0.6) is 0 Å². The van der Waals surface area contributed by atoms with Crippen LogP contribution in [0.1, 0.15) is 52.4 Å². The summed E-state index contributed by atoms with van der Waals surface area (Å²) in [5.74, 6) is 0.972. The average Bonchev–Trinajstić information content (AvgIpc) is 3.14. The summed E-state index contributed by atoms with van der Waals surface area (Å²) in [6, 6.07) is 0.751. The maximum absolute atomic E-state index is 12.6. The van der Waals surface area contributed by atoms with Crippen LogP contribution < -0.4 is 10.6 Å². The van der Waals surface area contributed by atoms with Gasteiger partial charge in [0.15, 0.2) is 0 Å². The normalized spacial score (nSPS) is 29.8. The summed E-state index contributed by atoms with van der Waals surface area (Å²) < 4.78 is 0. The van der Waals surface area contributed by atoms with Crippen molar-refractivity contribution in [2.45, 2.75) is 64.5 Å². The molecule has 120 valence electrons. The van der Waals surface area contributed by atoms with E-state index in [1.165, 1.54) is 32.1 Å². The molecule has 0 bridgehead atoms. The highest BCUT2D eigenvalue weighted by molar-refractivity contribution is 5.82. The Labute approximate surface area is 129 Å². The molecule has 2 aliphatic heterocycles. The van der Waals surface area contributed by atoms with E-state index in [1.54, 1.807) is 0 Å². The fourth-order valence-corrected chi connectivity index (χ4v) is 4.15. The third-order valence-corrected chi connectivity index (χ3v) is 6.11. The number of likely N-dealkylation sites (tertiary alicyclic amines) is 1. The van der Waals surface area contributed by atoms with E-state index >= 15 is 0 Å². The van der Waals surface area contributed by atoms with E-state index in [0.717, 1.165) is 32.6 Å². The van der Waals surface area contributed by atoms with E-state index in [2.05, 4.69) is 29.4 Å². The van der Waals surface area contributed by atoms with Gasteiger partial charge in [0, 0.05) is 12.6 Å². The molecule has 1 aliphatic carbocycles. The summed E-state index contributed by atoms with van der Waals surface area (Å²) in [7, 11) is 0. The average molecular weight is 293 g/mol. The lowest BCUT2D eigenvalue weighted by Crippen LogP contribution is -2.51. The van der Waals surface area contributed by atoms with Crippen LogP contribution in [-0.4, -0.2) is 49.1 Å². The van der Waals surface area contributed by atoms with Gasteiger partial charge in [0.05, 0.1) is 6.04 Å². The Kier molecular flexibility index (Phi) is 4.55. The molecule has 1 atom stereocenters. The maximum Gasteiger partial charge on any atom is 0.237 e. The molecule has 0 radical (unpaired) electrons. The van der Waals surface area contributed by atoms with E-state index < -0.39 is 0 Å². The lowest BCUT2D eigenvalue weighted by molar-refractivity contribution is -0.126. The SMILES string of the molecule is CC(C)C1(CNC(=O)C2CCCN2C2CCNCC2)CC1. The molecule has 0 aromatic heterocycles. The third kappa shape index (κ3) is 3.26. The Morgan fingerprint density at radius 1 is 1.29 bits per heavy atom. The highest BCUT2D eigenvalue weighted by Gasteiger charge is 2.46. The van der Waals surface area contributed by atoms with Crippen molar-refractivity contribution < 1.29 is 4.79 Å². The standard InChI is InChI=1S/C17H31N3O/c1-13(2)17(7-8-17)12-19-16(21)15-4-3-11-20(15)14-5-9-18-10-6-14/h13-15,18H,3-12H2,1-2H3,(H,19,21). The van der Waals surface area contributed by atoms with E-state index in [4.69, 9.17) is 0 Å². The number of amides is 1. The van der Waals surface area contributed by atoms with Gasteiger partial charge in [-0.3, -0.25) is 9.69 Å². The van der Waals surface area contributed by atoms with Crippen molar-refractivity contribution in [3.63, 3.8) is 0 Å². The van der Waals surface area contributed by atoms with Gasteiger partial charge < -0.3 is 10.6 Å². The summed E-state index contributed by atoms with van der Waals surface area (Å²) in [6.45, 7) is 8.78. The molecule has 4 nitrogen and oxygen atoms in total. The first-order valence-corrected chi connectivity index (χ1v) is 8.86. The molecule has 0 spiro atoms. The van der Waals surface area contributed by atoms with Crippen LogP contribution in [0.4, 0.5) is 0 Å². The molecular weight excluding hydrogens is 262 g/mol. The Balaban J connectivity index is 1.53. The van der Waals surface area contributed by atoms with Gasteiger partial charge in [-0.25, -0.2) is 0 Å². The smallest absolute Gasteiger partial charge is 0.237 e. The summed E-state index contributed by atoms with van der Waals surface area (Å²) in [4.78, 5) is 15.1. The number of carbonyl (C=O) groups excluding carboxylic acids is 1. The van der Waals surface area contributed by atoms with Gasteiger partial charge in [-0.1, -0.05) is 13.8 Å². The predicted molar refractivity (Wildman–Crippen MR) is 85.1 cm³/mol. The first-order valence-electron chi connectivity index (χ1n) is 8.86. The largest absolute Gasteiger partial charge is 0.354 e. The molecule has 21 heavy (non-hydrogen) atoms. The molecule has 4 heteroatoms. The van der Waals surface area contributed by atoms with Crippen molar-refractivity contribution in [3.8, 4) is 0 Å². The summed E-state index contributed by atoms with van der Waals surface area (Å²) >= 11 is 0. The summed E-state index contributed by atoms with van der Waals surface area (Å²) in [5.41, 5.74) is 0.411. The molecule has 3 fully saturated rings. The van der Waals surface area contributed by atoms with Crippen LogP contribution in [0.15, 0.2) is 0 Å². The highest BCUT2D eigenvalue weighted by Crippen LogP contribution is 2.51. The number of rotatable bonds is 5. The topological polar surface area (TPSA) is 44.4 Å². The quantitative estimate of drug-likeness (QED) is 0.812. The van der Waals surface area contributed by atoms with Gasteiger partial charge in [-0.2, -0.15) is 0 Å². The molecule has 0 aromatic rings. The van der Waals surface area contributed by atoms with Crippen LogP contribution in [-0.2, 0) is 4.79 Å². The molecule has 1 amide bonds. The Morgan fingerprint density at radius 3 is 2.62 bits per heavy atom. The fourth-order valence-electron chi connectivity index (χ4n) is 4.15. The lowest BCUT2D eigenvalue weighted by Gasteiger charge is -2.35. The molecule has 3 aliphatic rings. The van der Waals surface area contributed by atoms with Crippen molar-refractivity contribution in [2.75, 3.05) is 26.2 Å². The van der Waals surface area contributed by atoms with Crippen LogP contribution in [0.25, 0.3) is 0 Å². The Morgan fingerprint density at radius 2 is 2.00 bits per heavy atom. The van der Waals surface area contributed by atoms with Crippen LogP contribution in [0, 0.1) is 11.3 Å². The molecule has 2 heterocycles. The minimum atomic E-state index is 0.135. The van der Waals surface area contributed by atoms with Gasteiger partial charge in [-0.05, 0) is 69.5 Å². The van der Waals surface area contributed by atoms with Gasteiger partial charge >= 0.3 is 0 Å². The van der Waals surface area contributed by atoms with Gasteiger partial charge in [-0.15, -0.1) is 0 Å². The van der Waals surface area contributed by atoms with E-state index in [0.29, 0.717) is 17.4 Å². The number of nitrogens with zero attached hydrogens (tertiary/aromatic N) is 1. The summed E-state index contributed by atoms with van der Waals surface area (Å²) in [6.07, 6.45) is 7.18. The predicted octanol–water partition coefficient (Wildman–Crippen LogP) is 1.76. The van der Waals surface area contributed by atoms with Crippen molar-refractivity contribution >= 4 is 5.91 Å². The Bertz CT molecular complexity index is 372. The lowest BCUT2D eigenvalue weighted by atomic mass is 9.92. The van der Waals surface area contributed by atoms with E-state index in [9.17, 15) is 4.79 Å². The zero-order chi connectivity index (χ0) is 14.9. The van der Waals surface area contributed by atoms with E-state index in [-0.39, 0.29) is 11.9 Å². The number of hydrogen-bond acceptors (Lipinski definition) is 3. The zero-order valence-corrected chi connectivity index (χ0v) is 13.7. The van der Waals surface area contributed by atoms with Gasteiger partial charge in [0.25, 0.3) is 0 Å². The maximum atomic E-state index is 12.6. The zero-order valence-electron chi connectivity index (χ0n) is 13.7. The second-order valence-corrected chi connectivity index (χ2v) is 7.61. The minimum Gasteiger partial charge on any atom is -0.354 e.